The van der Waals surface area contributed by atoms with Gasteiger partial charge in [0, 0.05) is 31.6 Å². The maximum Gasteiger partial charge on any atom is 0.151 e. The minimum Gasteiger partial charge on any atom is -0.308 e. The lowest BCUT2D eigenvalue weighted by Gasteiger charge is -2.13. The SMILES string of the molecule is CCS(=O)(=O)CCNC(C)c1ccnn1C. The van der Waals surface area contributed by atoms with E-state index in [2.05, 4.69) is 10.4 Å². The van der Waals surface area contributed by atoms with E-state index >= 15 is 0 Å². The molecule has 0 aromatic carbocycles. The molecule has 0 bridgehead atoms. The van der Waals surface area contributed by atoms with E-state index in [1.54, 1.807) is 17.8 Å². The second-order valence-corrected chi connectivity index (χ2v) is 6.26. The minimum atomic E-state index is -2.88. The number of nitrogens with zero attached hydrogens (tertiary/aromatic N) is 2. The van der Waals surface area contributed by atoms with Crippen LogP contribution < -0.4 is 5.32 Å². The zero-order chi connectivity index (χ0) is 12.2. The topological polar surface area (TPSA) is 64.0 Å². The number of aryl methyl sites for hydroxylation is 1. The molecule has 16 heavy (non-hydrogen) atoms. The largest absolute Gasteiger partial charge is 0.308 e. The van der Waals surface area contributed by atoms with Crippen LogP contribution in [0.2, 0.25) is 0 Å². The molecule has 1 atom stereocenters. The van der Waals surface area contributed by atoms with E-state index < -0.39 is 9.84 Å². The van der Waals surface area contributed by atoms with E-state index in [9.17, 15) is 8.42 Å². The number of hydrogen-bond acceptors (Lipinski definition) is 4. The number of sulfone groups is 1. The first-order valence-electron chi connectivity index (χ1n) is 5.38. The highest BCUT2D eigenvalue weighted by Crippen LogP contribution is 2.09. The molecule has 0 spiro atoms. The molecule has 0 aliphatic heterocycles. The standard InChI is InChI=1S/C10H19N3O2S/c1-4-16(14,15)8-7-11-9(2)10-5-6-12-13(10)3/h5-6,9,11H,4,7-8H2,1-3H3. The number of hydrogen-bond donors (Lipinski definition) is 1. The molecule has 1 unspecified atom stereocenters. The van der Waals surface area contributed by atoms with Crippen molar-refractivity contribution in [3.8, 4) is 0 Å². The molecule has 92 valence electrons. The Bertz CT molecular complexity index is 425. The summed E-state index contributed by atoms with van der Waals surface area (Å²) in [4.78, 5) is 0. The Morgan fingerprint density at radius 3 is 2.75 bits per heavy atom. The lowest BCUT2D eigenvalue weighted by Crippen LogP contribution is -2.27. The third-order valence-electron chi connectivity index (χ3n) is 2.61. The third-order valence-corrected chi connectivity index (χ3v) is 4.31. The lowest BCUT2D eigenvalue weighted by atomic mass is 10.2. The van der Waals surface area contributed by atoms with Crippen LogP contribution in [0.1, 0.15) is 25.6 Å². The van der Waals surface area contributed by atoms with Gasteiger partial charge in [0.05, 0.1) is 11.4 Å². The van der Waals surface area contributed by atoms with Gasteiger partial charge in [-0.1, -0.05) is 6.92 Å². The summed E-state index contributed by atoms with van der Waals surface area (Å²) in [7, 11) is -1.01. The summed E-state index contributed by atoms with van der Waals surface area (Å²) in [6.07, 6.45) is 1.73. The van der Waals surface area contributed by atoms with Crippen molar-refractivity contribution < 1.29 is 8.42 Å². The fourth-order valence-corrected chi connectivity index (χ4v) is 2.21. The van der Waals surface area contributed by atoms with Crippen molar-refractivity contribution in [1.82, 2.24) is 15.1 Å². The van der Waals surface area contributed by atoms with Crippen LogP contribution in [0.4, 0.5) is 0 Å². The number of aromatic nitrogens is 2. The molecule has 1 rings (SSSR count). The number of nitrogens with one attached hydrogen (secondary N) is 1. The first kappa shape index (κ1) is 13.2. The molecule has 1 aromatic heterocycles. The van der Waals surface area contributed by atoms with Crippen LogP contribution in [0, 0.1) is 0 Å². The molecule has 0 saturated heterocycles. The first-order chi connectivity index (χ1) is 7.46. The summed E-state index contributed by atoms with van der Waals surface area (Å²) in [5.74, 6) is 0.389. The van der Waals surface area contributed by atoms with Crippen molar-refractivity contribution in [3.63, 3.8) is 0 Å². The summed E-state index contributed by atoms with van der Waals surface area (Å²) in [6.45, 7) is 4.14. The maximum absolute atomic E-state index is 11.3. The van der Waals surface area contributed by atoms with E-state index in [1.807, 2.05) is 20.0 Å². The van der Waals surface area contributed by atoms with Crippen LogP contribution in [-0.4, -0.2) is 36.2 Å². The maximum atomic E-state index is 11.3. The first-order valence-corrected chi connectivity index (χ1v) is 7.20. The summed E-state index contributed by atoms with van der Waals surface area (Å²) in [5.41, 5.74) is 1.05. The molecule has 0 radical (unpaired) electrons. The van der Waals surface area contributed by atoms with Crippen molar-refractivity contribution in [2.75, 3.05) is 18.1 Å². The monoisotopic (exact) mass is 245 g/mol. The second kappa shape index (κ2) is 5.45. The van der Waals surface area contributed by atoms with Crippen molar-refractivity contribution >= 4 is 9.84 Å². The van der Waals surface area contributed by atoms with Crippen LogP contribution in [0.3, 0.4) is 0 Å². The average Bonchev–Trinajstić information content (AvgIpc) is 2.64. The van der Waals surface area contributed by atoms with E-state index in [-0.39, 0.29) is 17.5 Å². The zero-order valence-corrected chi connectivity index (χ0v) is 10.8. The Morgan fingerprint density at radius 1 is 1.56 bits per heavy atom. The molecular formula is C10H19N3O2S. The van der Waals surface area contributed by atoms with Gasteiger partial charge in [0.15, 0.2) is 9.84 Å². The Morgan fingerprint density at radius 2 is 2.25 bits per heavy atom. The van der Waals surface area contributed by atoms with Gasteiger partial charge in [-0.2, -0.15) is 5.10 Å². The molecule has 0 aliphatic rings. The third kappa shape index (κ3) is 3.61. The van der Waals surface area contributed by atoms with E-state index in [4.69, 9.17) is 0 Å². The summed E-state index contributed by atoms with van der Waals surface area (Å²) in [5, 5.41) is 7.25. The fraction of sp³-hybridized carbons (Fsp3) is 0.700. The van der Waals surface area contributed by atoms with Crippen LogP contribution in [0.5, 0.6) is 0 Å². The van der Waals surface area contributed by atoms with E-state index in [1.165, 1.54) is 0 Å². The normalized spacial score (nSPS) is 13.9. The van der Waals surface area contributed by atoms with Gasteiger partial charge < -0.3 is 5.32 Å². The molecular weight excluding hydrogens is 226 g/mol. The lowest BCUT2D eigenvalue weighted by molar-refractivity contribution is 0.540. The highest BCUT2D eigenvalue weighted by Gasteiger charge is 2.11. The molecule has 6 heteroatoms. The smallest absolute Gasteiger partial charge is 0.151 e. The van der Waals surface area contributed by atoms with Gasteiger partial charge in [-0.3, -0.25) is 4.68 Å². The molecule has 5 nitrogen and oxygen atoms in total. The molecule has 0 aliphatic carbocycles. The molecule has 1 heterocycles. The Labute approximate surface area is 96.8 Å². The molecule has 1 aromatic rings. The van der Waals surface area contributed by atoms with Crippen LogP contribution >= 0.6 is 0 Å². The zero-order valence-electron chi connectivity index (χ0n) is 9.97. The summed E-state index contributed by atoms with van der Waals surface area (Å²) < 4.78 is 24.3. The molecule has 0 fully saturated rings. The average molecular weight is 245 g/mol. The van der Waals surface area contributed by atoms with Crippen molar-refractivity contribution in [3.05, 3.63) is 18.0 Å². The summed E-state index contributed by atoms with van der Waals surface area (Å²) >= 11 is 0. The second-order valence-electron chi connectivity index (χ2n) is 3.79. The van der Waals surface area contributed by atoms with Crippen molar-refractivity contribution in [2.24, 2.45) is 7.05 Å². The van der Waals surface area contributed by atoms with Crippen LogP contribution in [-0.2, 0) is 16.9 Å². The van der Waals surface area contributed by atoms with Crippen molar-refractivity contribution in [1.29, 1.82) is 0 Å². The van der Waals surface area contributed by atoms with E-state index in [0.29, 0.717) is 6.54 Å². The minimum absolute atomic E-state index is 0.111. The van der Waals surface area contributed by atoms with Gasteiger partial charge in [-0.05, 0) is 13.0 Å². The highest BCUT2D eigenvalue weighted by molar-refractivity contribution is 7.91. The predicted molar refractivity (Wildman–Crippen MR) is 64.0 cm³/mol. The van der Waals surface area contributed by atoms with Crippen LogP contribution in [0.15, 0.2) is 12.3 Å². The Hall–Kier alpha value is -0.880. The Balaban J connectivity index is 2.43. The number of rotatable bonds is 6. The fourth-order valence-electron chi connectivity index (χ4n) is 1.49. The van der Waals surface area contributed by atoms with Gasteiger partial charge in [0.1, 0.15) is 0 Å². The van der Waals surface area contributed by atoms with Gasteiger partial charge in [-0.25, -0.2) is 8.42 Å². The van der Waals surface area contributed by atoms with Crippen molar-refractivity contribution in [2.45, 2.75) is 19.9 Å². The summed E-state index contributed by atoms with van der Waals surface area (Å²) in [6, 6.07) is 2.03. The molecule has 1 N–H and O–H groups in total. The van der Waals surface area contributed by atoms with Gasteiger partial charge in [0.25, 0.3) is 0 Å². The quantitative estimate of drug-likeness (QED) is 0.793. The molecule has 0 saturated carbocycles. The predicted octanol–water partition coefficient (Wildman–Crippen LogP) is 0.505. The van der Waals surface area contributed by atoms with Gasteiger partial charge in [-0.15, -0.1) is 0 Å². The Kier molecular flexibility index (Phi) is 4.49. The van der Waals surface area contributed by atoms with E-state index in [0.717, 1.165) is 5.69 Å². The molecule has 0 amide bonds. The van der Waals surface area contributed by atoms with Gasteiger partial charge in [0.2, 0.25) is 0 Å². The van der Waals surface area contributed by atoms with Crippen LogP contribution in [0.25, 0.3) is 0 Å². The van der Waals surface area contributed by atoms with Gasteiger partial charge >= 0.3 is 0 Å². The highest BCUT2D eigenvalue weighted by atomic mass is 32.2.